The molecule has 0 aromatic rings. The Kier molecular flexibility index (Phi) is 15.9. The third-order valence-corrected chi connectivity index (χ3v) is 5.11. The van der Waals surface area contributed by atoms with Gasteiger partial charge in [-0.15, -0.1) is 0 Å². The lowest BCUT2D eigenvalue weighted by Gasteiger charge is -2.25. The maximum Gasteiger partial charge on any atom is 0.237 e. The van der Waals surface area contributed by atoms with Gasteiger partial charge in [0.05, 0.1) is 24.3 Å². The predicted octanol–water partition coefficient (Wildman–Crippen LogP) is -2.00. The number of hydrogen-bond acceptors (Lipinski definition) is 9. The SMILES string of the molecule is CNC(CCCCNCC(O)[C@@H](O)[C@@H](O)C(C)O)C(=O)NC(CCCCN)C(C)=O. The molecule has 0 fully saturated rings. The summed E-state index contributed by atoms with van der Waals surface area (Å²) in [6, 6.07) is -0.901. The highest BCUT2D eigenvalue weighted by molar-refractivity contribution is 5.89. The van der Waals surface area contributed by atoms with Crippen molar-refractivity contribution in [3.8, 4) is 0 Å². The Balaban J connectivity index is 4.19. The van der Waals surface area contributed by atoms with Gasteiger partial charge in [-0.05, 0) is 66.1 Å². The van der Waals surface area contributed by atoms with Crippen LogP contribution in [-0.4, -0.2) is 95.3 Å². The van der Waals surface area contributed by atoms with Gasteiger partial charge in [-0.1, -0.05) is 6.42 Å². The number of nitrogens with one attached hydrogen (secondary N) is 3. The Morgan fingerprint density at radius 1 is 0.933 bits per heavy atom. The van der Waals surface area contributed by atoms with Crippen molar-refractivity contribution in [2.45, 2.75) is 88.9 Å². The van der Waals surface area contributed by atoms with Crippen LogP contribution in [0.1, 0.15) is 52.4 Å². The molecule has 10 nitrogen and oxygen atoms in total. The van der Waals surface area contributed by atoms with Crippen LogP contribution in [0.5, 0.6) is 0 Å². The Morgan fingerprint density at radius 2 is 1.53 bits per heavy atom. The number of nitrogens with two attached hydrogens (primary N) is 1. The molecular formula is C20H42N4O6. The number of carbonyl (C=O) groups is 2. The van der Waals surface area contributed by atoms with Crippen molar-refractivity contribution in [2.75, 3.05) is 26.7 Å². The van der Waals surface area contributed by atoms with Crippen LogP contribution >= 0.6 is 0 Å². The van der Waals surface area contributed by atoms with E-state index < -0.39 is 36.5 Å². The molecule has 0 aromatic heterocycles. The van der Waals surface area contributed by atoms with Crippen LogP contribution in [-0.2, 0) is 9.59 Å². The van der Waals surface area contributed by atoms with Gasteiger partial charge in [-0.2, -0.15) is 0 Å². The van der Waals surface area contributed by atoms with Crippen LogP contribution in [0.25, 0.3) is 0 Å². The lowest BCUT2D eigenvalue weighted by molar-refractivity contribution is -0.128. The fourth-order valence-electron chi connectivity index (χ4n) is 3.03. The molecule has 30 heavy (non-hydrogen) atoms. The Bertz CT molecular complexity index is 480. The molecule has 0 heterocycles. The van der Waals surface area contributed by atoms with Crippen LogP contribution in [0, 0.1) is 0 Å². The van der Waals surface area contributed by atoms with E-state index in [0.29, 0.717) is 25.9 Å². The number of unbranched alkanes of at least 4 members (excludes halogenated alkanes) is 2. The molecule has 10 heteroatoms. The van der Waals surface area contributed by atoms with Gasteiger partial charge in [-0.25, -0.2) is 0 Å². The van der Waals surface area contributed by atoms with E-state index >= 15 is 0 Å². The highest BCUT2D eigenvalue weighted by Crippen LogP contribution is 2.06. The number of amides is 1. The zero-order valence-corrected chi connectivity index (χ0v) is 18.5. The minimum Gasteiger partial charge on any atom is -0.391 e. The van der Waals surface area contributed by atoms with Crippen LogP contribution in [0.3, 0.4) is 0 Å². The summed E-state index contributed by atoms with van der Waals surface area (Å²) in [7, 11) is 1.70. The van der Waals surface area contributed by atoms with Crippen molar-refractivity contribution in [2.24, 2.45) is 5.73 Å². The van der Waals surface area contributed by atoms with E-state index in [-0.39, 0.29) is 18.2 Å². The molecule has 0 aliphatic rings. The van der Waals surface area contributed by atoms with E-state index in [1.165, 1.54) is 13.8 Å². The first kappa shape index (κ1) is 28.9. The second-order valence-corrected chi connectivity index (χ2v) is 7.79. The molecular weight excluding hydrogens is 392 g/mol. The third-order valence-electron chi connectivity index (χ3n) is 5.11. The van der Waals surface area contributed by atoms with Gasteiger partial charge in [-0.3, -0.25) is 9.59 Å². The molecule has 0 aliphatic heterocycles. The molecule has 0 rings (SSSR count). The summed E-state index contributed by atoms with van der Waals surface area (Å²) < 4.78 is 0. The van der Waals surface area contributed by atoms with Crippen molar-refractivity contribution < 1.29 is 30.0 Å². The first-order chi connectivity index (χ1) is 14.1. The zero-order valence-electron chi connectivity index (χ0n) is 18.5. The second kappa shape index (κ2) is 16.5. The largest absolute Gasteiger partial charge is 0.391 e. The molecule has 6 atom stereocenters. The average Bonchev–Trinajstić information content (AvgIpc) is 2.70. The van der Waals surface area contributed by atoms with Gasteiger partial charge in [0.2, 0.25) is 5.91 Å². The molecule has 0 saturated carbocycles. The Hall–Kier alpha value is -1.14. The lowest BCUT2D eigenvalue weighted by Crippen LogP contribution is -2.49. The lowest BCUT2D eigenvalue weighted by atomic mass is 10.0. The third kappa shape index (κ3) is 11.9. The van der Waals surface area contributed by atoms with Crippen molar-refractivity contribution in [1.82, 2.24) is 16.0 Å². The van der Waals surface area contributed by atoms with Gasteiger partial charge >= 0.3 is 0 Å². The molecule has 9 N–H and O–H groups in total. The fourth-order valence-corrected chi connectivity index (χ4v) is 3.03. The molecule has 0 radical (unpaired) electrons. The number of aliphatic hydroxyl groups excluding tert-OH is 4. The minimum absolute atomic E-state index is 0.0686. The van der Waals surface area contributed by atoms with E-state index in [1.807, 2.05) is 0 Å². The van der Waals surface area contributed by atoms with E-state index in [1.54, 1.807) is 7.05 Å². The Morgan fingerprint density at radius 3 is 2.07 bits per heavy atom. The Labute approximate surface area is 179 Å². The van der Waals surface area contributed by atoms with E-state index in [9.17, 15) is 30.0 Å². The summed E-state index contributed by atoms with van der Waals surface area (Å²) in [6.07, 6.45) is -0.952. The molecule has 0 aliphatic carbocycles. The van der Waals surface area contributed by atoms with Crippen LogP contribution in [0.15, 0.2) is 0 Å². The quantitative estimate of drug-likeness (QED) is 0.113. The van der Waals surface area contributed by atoms with Crippen LogP contribution < -0.4 is 21.7 Å². The van der Waals surface area contributed by atoms with Crippen molar-refractivity contribution in [3.05, 3.63) is 0 Å². The van der Waals surface area contributed by atoms with Gasteiger partial charge in [0.15, 0.2) is 5.78 Å². The summed E-state index contributed by atoms with van der Waals surface area (Å²) in [4.78, 5) is 24.2. The highest BCUT2D eigenvalue weighted by atomic mass is 16.4. The second-order valence-electron chi connectivity index (χ2n) is 7.79. The number of ketones is 1. The first-order valence-corrected chi connectivity index (χ1v) is 10.8. The fraction of sp³-hybridized carbons (Fsp3) is 0.900. The summed E-state index contributed by atoms with van der Waals surface area (Å²) >= 11 is 0. The zero-order chi connectivity index (χ0) is 23.1. The number of Topliss-reactive ketones (excluding diaryl/α,β-unsaturated/α-hetero) is 1. The topological polar surface area (TPSA) is 177 Å². The summed E-state index contributed by atoms with van der Waals surface area (Å²) in [5.74, 6) is -0.273. The first-order valence-electron chi connectivity index (χ1n) is 10.8. The van der Waals surface area contributed by atoms with Crippen LogP contribution in [0.2, 0.25) is 0 Å². The molecule has 0 spiro atoms. The predicted molar refractivity (Wildman–Crippen MR) is 115 cm³/mol. The average molecular weight is 435 g/mol. The van der Waals surface area contributed by atoms with Crippen molar-refractivity contribution >= 4 is 11.7 Å². The monoisotopic (exact) mass is 434 g/mol. The molecule has 0 aromatic carbocycles. The summed E-state index contributed by atoms with van der Waals surface area (Å²) in [5, 5.41) is 47.1. The number of hydrogen-bond donors (Lipinski definition) is 8. The standard InChI is InChI=1S/C20H42N4O6/c1-13(25)15(8-4-6-10-21)24-20(30)16(22-3)9-5-7-11-23-12-17(27)19(29)18(28)14(2)26/h14-19,22-23,26-29H,4-12,21H2,1-3H3,(H,24,30)/t14?,15?,16?,17?,18-,19+/m0/s1. The number of carbonyl (C=O) groups excluding carboxylic acids is 2. The van der Waals surface area contributed by atoms with E-state index in [4.69, 9.17) is 5.73 Å². The minimum atomic E-state index is -1.44. The number of likely N-dealkylation sites (N-methyl/N-ethyl adjacent to an activating group) is 1. The molecule has 0 bridgehead atoms. The van der Waals surface area contributed by atoms with E-state index in [0.717, 1.165) is 25.7 Å². The molecule has 4 unspecified atom stereocenters. The smallest absolute Gasteiger partial charge is 0.237 e. The van der Waals surface area contributed by atoms with Crippen molar-refractivity contribution in [3.63, 3.8) is 0 Å². The van der Waals surface area contributed by atoms with Gasteiger partial charge in [0.25, 0.3) is 0 Å². The number of rotatable bonds is 18. The van der Waals surface area contributed by atoms with Gasteiger partial charge in [0, 0.05) is 6.54 Å². The highest BCUT2D eigenvalue weighted by Gasteiger charge is 2.27. The van der Waals surface area contributed by atoms with Crippen molar-refractivity contribution in [1.29, 1.82) is 0 Å². The number of aliphatic hydroxyl groups is 4. The van der Waals surface area contributed by atoms with E-state index in [2.05, 4.69) is 16.0 Å². The summed E-state index contributed by atoms with van der Waals surface area (Å²) in [5.41, 5.74) is 5.47. The van der Waals surface area contributed by atoms with Gasteiger partial charge in [0.1, 0.15) is 12.2 Å². The summed E-state index contributed by atoms with van der Waals surface area (Å²) in [6.45, 7) is 3.99. The molecule has 0 saturated heterocycles. The maximum absolute atomic E-state index is 12.5. The molecule has 178 valence electrons. The molecule has 1 amide bonds. The maximum atomic E-state index is 12.5. The van der Waals surface area contributed by atoms with Gasteiger partial charge < -0.3 is 42.1 Å². The normalized spacial score (nSPS) is 17.6. The van der Waals surface area contributed by atoms with Crippen LogP contribution in [0.4, 0.5) is 0 Å².